The molecule has 5 rings (SSSR count). The first kappa shape index (κ1) is 27.7. The monoisotopic (exact) mass is 559 g/mol. The van der Waals surface area contributed by atoms with E-state index in [1.807, 2.05) is 39.0 Å². The summed E-state index contributed by atoms with van der Waals surface area (Å²) in [6, 6.07) is 12.3. The van der Waals surface area contributed by atoms with E-state index in [0.29, 0.717) is 45.2 Å². The first-order valence-electron chi connectivity index (χ1n) is 13.6. The van der Waals surface area contributed by atoms with E-state index in [1.165, 1.54) is 12.8 Å². The number of hydrogen-bond acceptors (Lipinski definition) is 4. The van der Waals surface area contributed by atoms with Gasteiger partial charge in [-0.05, 0) is 94.2 Å². The minimum atomic E-state index is -0.261. The van der Waals surface area contributed by atoms with E-state index >= 15 is 0 Å². The van der Waals surface area contributed by atoms with Gasteiger partial charge in [-0.2, -0.15) is 0 Å². The summed E-state index contributed by atoms with van der Waals surface area (Å²) < 4.78 is 0. The Morgan fingerprint density at radius 3 is 2.62 bits per heavy atom. The van der Waals surface area contributed by atoms with Gasteiger partial charge in [0, 0.05) is 46.3 Å². The van der Waals surface area contributed by atoms with Gasteiger partial charge in [0.2, 0.25) is 0 Å². The number of carbonyl (C=O) groups is 3. The lowest BCUT2D eigenvalue weighted by atomic mass is 10.0. The predicted octanol–water partition coefficient (Wildman–Crippen LogP) is 5.09. The fraction of sp³-hybridized carbons (Fsp3) is 0.323. The molecule has 208 valence electrons. The molecule has 1 fully saturated rings. The highest BCUT2D eigenvalue weighted by atomic mass is 35.5. The Morgan fingerprint density at radius 1 is 1.10 bits per heavy atom. The number of H-pyrrole nitrogens is 1. The van der Waals surface area contributed by atoms with Crippen LogP contribution in [-0.2, 0) is 4.79 Å². The first-order valence-corrected chi connectivity index (χ1v) is 14.0. The van der Waals surface area contributed by atoms with Gasteiger partial charge in [-0.3, -0.25) is 14.4 Å². The molecule has 0 saturated carbocycles. The maximum Gasteiger partial charge on any atom is 0.256 e. The molecule has 3 aromatic rings. The van der Waals surface area contributed by atoms with Crippen LogP contribution in [0.15, 0.2) is 42.5 Å². The Labute approximate surface area is 239 Å². The number of hydrogen-bond donors (Lipinski definition) is 4. The SMILES string of the molecule is Cc1[nH]c(C=C2C(=O)Nc3ccc(C(=O)N[C@@H](C)c4cccc(Cl)c4)cc32)c(C)c1C(=O)NCCN1CCCC1. The van der Waals surface area contributed by atoms with Gasteiger partial charge < -0.3 is 25.8 Å². The number of rotatable bonds is 8. The molecule has 3 heterocycles. The van der Waals surface area contributed by atoms with Crippen molar-refractivity contribution in [3.8, 4) is 0 Å². The molecule has 8 nitrogen and oxygen atoms in total. The zero-order valence-corrected chi connectivity index (χ0v) is 23.7. The number of aryl methyl sites for hydroxylation is 1. The summed E-state index contributed by atoms with van der Waals surface area (Å²) in [6.45, 7) is 9.24. The van der Waals surface area contributed by atoms with E-state index in [2.05, 4.69) is 25.8 Å². The number of aromatic amines is 1. The molecular weight excluding hydrogens is 526 g/mol. The molecule has 0 spiro atoms. The number of anilines is 1. The molecular formula is C31H34ClN5O3. The molecule has 2 aliphatic heterocycles. The summed E-state index contributed by atoms with van der Waals surface area (Å²) in [5, 5.41) is 9.51. The number of likely N-dealkylation sites (tertiary alicyclic amines) is 1. The van der Waals surface area contributed by atoms with Crippen molar-refractivity contribution >= 4 is 46.7 Å². The molecule has 0 aliphatic carbocycles. The normalized spacial score (nSPS) is 16.6. The number of aromatic nitrogens is 1. The van der Waals surface area contributed by atoms with Gasteiger partial charge in [0.15, 0.2) is 0 Å². The van der Waals surface area contributed by atoms with Crippen LogP contribution in [0.25, 0.3) is 11.6 Å². The summed E-state index contributed by atoms with van der Waals surface area (Å²) in [6.07, 6.45) is 4.18. The van der Waals surface area contributed by atoms with Crippen molar-refractivity contribution in [2.75, 3.05) is 31.5 Å². The van der Waals surface area contributed by atoms with Gasteiger partial charge in [-0.25, -0.2) is 0 Å². The number of nitrogens with zero attached hydrogens (tertiary/aromatic N) is 1. The number of carbonyl (C=O) groups excluding carboxylic acids is 3. The van der Waals surface area contributed by atoms with Gasteiger partial charge in [0.05, 0.1) is 17.2 Å². The van der Waals surface area contributed by atoms with Gasteiger partial charge in [0.25, 0.3) is 17.7 Å². The fourth-order valence-corrected chi connectivity index (χ4v) is 5.64. The molecule has 1 aromatic heterocycles. The van der Waals surface area contributed by atoms with E-state index in [-0.39, 0.29) is 23.8 Å². The third kappa shape index (κ3) is 5.83. The van der Waals surface area contributed by atoms with Crippen LogP contribution in [-0.4, -0.2) is 53.8 Å². The van der Waals surface area contributed by atoms with Crippen LogP contribution in [0.2, 0.25) is 5.02 Å². The van der Waals surface area contributed by atoms with E-state index < -0.39 is 0 Å². The van der Waals surface area contributed by atoms with Crippen LogP contribution in [0.3, 0.4) is 0 Å². The van der Waals surface area contributed by atoms with Crippen LogP contribution < -0.4 is 16.0 Å². The minimum Gasteiger partial charge on any atom is -0.358 e. The third-order valence-electron chi connectivity index (χ3n) is 7.67. The lowest BCUT2D eigenvalue weighted by Crippen LogP contribution is -2.33. The second-order valence-corrected chi connectivity index (χ2v) is 10.9. The summed E-state index contributed by atoms with van der Waals surface area (Å²) in [7, 11) is 0. The fourth-order valence-electron chi connectivity index (χ4n) is 5.44. The van der Waals surface area contributed by atoms with Gasteiger partial charge in [0.1, 0.15) is 0 Å². The Hall–Kier alpha value is -3.88. The van der Waals surface area contributed by atoms with Gasteiger partial charge in [-0.1, -0.05) is 23.7 Å². The van der Waals surface area contributed by atoms with Crippen LogP contribution in [0.5, 0.6) is 0 Å². The Kier molecular flexibility index (Phi) is 8.09. The molecule has 4 N–H and O–H groups in total. The summed E-state index contributed by atoms with van der Waals surface area (Å²) in [5.74, 6) is -0.643. The third-order valence-corrected chi connectivity index (χ3v) is 7.90. The molecule has 3 amide bonds. The second-order valence-electron chi connectivity index (χ2n) is 10.5. The maximum atomic E-state index is 13.1. The molecule has 2 aliphatic rings. The van der Waals surface area contributed by atoms with Crippen LogP contribution in [0.1, 0.15) is 74.6 Å². The number of halogens is 1. The number of amides is 3. The zero-order valence-electron chi connectivity index (χ0n) is 23.0. The molecule has 9 heteroatoms. The van der Waals surface area contributed by atoms with E-state index in [0.717, 1.165) is 36.5 Å². The Balaban J connectivity index is 1.34. The maximum absolute atomic E-state index is 13.1. The molecule has 1 atom stereocenters. The lowest BCUT2D eigenvalue weighted by Gasteiger charge is -2.15. The van der Waals surface area contributed by atoms with E-state index in [4.69, 9.17) is 11.6 Å². The van der Waals surface area contributed by atoms with Crippen molar-refractivity contribution in [3.63, 3.8) is 0 Å². The second kappa shape index (κ2) is 11.7. The largest absolute Gasteiger partial charge is 0.358 e. The van der Waals surface area contributed by atoms with Crippen LogP contribution in [0.4, 0.5) is 5.69 Å². The molecule has 0 bridgehead atoms. The van der Waals surface area contributed by atoms with Crippen LogP contribution >= 0.6 is 11.6 Å². The van der Waals surface area contributed by atoms with Crippen molar-refractivity contribution in [1.82, 2.24) is 20.5 Å². The minimum absolute atomic E-state index is 0.126. The predicted molar refractivity (Wildman–Crippen MR) is 159 cm³/mol. The van der Waals surface area contributed by atoms with E-state index in [9.17, 15) is 14.4 Å². The van der Waals surface area contributed by atoms with Crippen molar-refractivity contribution < 1.29 is 14.4 Å². The lowest BCUT2D eigenvalue weighted by molar-refractivity contribution is -0.110. The highest BCUT2D eigenvalue weighted by Crippen LogP contribution is 2.35. The Morgan fingerprint density at radius 2 is 1.88 bits per heavy atom. The highest BCUT2D eigenvalue weighted by Gasteiger charge is 2.27. The van der Waals surface area contributed by atoms with Crippen molar-refractivity contribution in [1.29, 1.82) is 0 Å². The van der Waals surface area contributed by atoms with Gasteiger partial charge >= 0.3 is 0 Å². The van der Waals surface area contributed by atoms with Crippen molar-refractivity contribution in [3.05, 3.63) is 86.7 Å². The average Bonchev–Trinajstić information content (AvgIpc) is 3.62. The van der Waals surface area contributed by atoms with E-state index in [1.54, 1.807) is 30.3 Å². The summed E-state index contributed by atoms with van der Waals surface area (Å²) >= 11 is 6.10. The standard InChI is InChI=1S/C31H34ClN5O3/c1-18-27(34-20(3)28(18)31(40)33-11-14-37-12-4-5-13-37)17-25-24-16-22(9-10-26(24)36-30(25)39)29(38)35-19(2)21-7-6-8-23(32)15-21/h6-10,15-17,19,34H,4-5,11-14H2,1-3H3,(H,33,40)(H,35,38)(H,36,39)/t19-/m0/s1. The number of benzene rings is 2. The quantitative estimate of drug-likeness (QED) is 0.288. The van der Waals surface area contributed by atoms with Crippen molar-refractivity contribution in [2.24, 2.45) is 0 Å². The smallest absolute Gasteiger partial charge is 0.256 e. The summed E-state index contributed by atoms with van der Waals surface area (Å²) in [5.41, 5.74) is 5.82. The first-order chi connectivity index (χ1) is 19.2. The average molecular weight is 560 g/mol. The molecule has 40 heavy (non-hydrogen) atoms. The molecule has 0 radical (unpaired) electrons. The van der Waals surface area contributed by atoms with Gasteiger partial charge in [-0.15, -0.1) is 0 Å². The number of fused-ring (bicyclic) bond motifs is 1. The Bertz CT molecular complexity index is 1500. The summed E-state index contributed by atoms with van der Waals surface area (Å²) in [4.78, 5) is 44.6. The molecule has 0 unspecified atom stereocenters. The molecule has 1 saturated heterocycles. The number of nitrogens with one attached hydrogen (secondary N) is 4. The van der Waals surface area contributed by atoms with Crippen molar-refractivity contribution in [2.45, 2.75) is 39.7 Å². The zero-order chi connectivity index (χ0) is 28.4. The topological polar surface area (TPSA) is 106 Å². The van der Waals surface area contributed by atoms with Crippen LogP contribution in [0, 0.1) is 13.8 Å². The molecule has 2 aromatic carbocycles. The highest BCUT2D eigenvalue weighted by molar-refractivity contribution is 6.35.